The van der Waals surface area contributed by atoms with Gasteiger partial charge in [-0.1, -0.05) is 30.7 Å². The van der Waals surface area contributed by atoms with Crippen LogP contribution >= 0.6 is 11.6 Å². The molecule has 5 heteroatoms. The molecule has 2 rings (SSSR count). The summed E-state index contributed by atoms with van der Waals surface area (Å²) < 4.78 is 18.4. The average Bonchev–Trinajstić information content (AvgIpc) is 2.53. The van der Waals surface area contributed by atoms with Gasteiger partial charge in [-0.2, -0.15) is 0 Å². The second-order valence-electron chi connectivity index (χ2n) is 4.81. The molecule has 0 aromatic heterocycles. The zero-order valence-electron chi connectivity index (χ0n) is 12.2. The van der Waals surface area contributed by atoms with Crippen molar-refractivity contribution in [3.63, 3.8) is 0 Å². The van der Waals surface area contributed by atoms with Gasteiger partial charge < -0.3 is 10.1 Å². The fourth-order valence-electron chi connectivity index (χ4n) is 1.90. The lowest BCUT2D eigenvalue weighted by atomic mass is 10.2. The Bertz CT molecular complexity index is 614. The minimum atomic E-state index is -0.613. The summed E-state index contributed by atoms with van der Waals surface area (Å²) in [7, 11) is 0. The van der Waals surface area contributed by atoms with Gasteiger partial charge in [0.05, 0.1) is 0 Å². The summed E-state index contributed by atoms with van der Waals surface area (Å²) in [5.74, 6) is -0.0794. The van der Waals surface area contributed by atoms with E-state index in [2.05, 4.69) is 5.32 Å². The second-order valence-corrected chi connectivity index (χ2v) is 5.25. The van der Waals surface area contributed by atoms with Gasteiger partial charge in [0.1, 0.15) is 11.6 Å². The van der Waals surface area contributed by atoms with Crippen molar-refractivity contribution in [2.24, 2.45) is 0 Å². The molecule has 2 aromatic rings. The van der Waals surface area contributed by atoms with Crippen molar-refractivity contribution in [1.82, 2.24) is 5.32 Å². The van der Waals surface area contributed by atoms with Crippen LogP contribution in [0.3, 0.4) is 0 Å². The Morgan fingerprint density at radius 1 is 1.18 bits per heavy atom. The van der Waals surface area contributed by atoms with Gasteiger partial charge in [0, 0.05) is 11.6 Å². The highest BCUT2D eigenvalue weighted by Gasteiger charge is 2.18. The maximum absolute atomic E-state index is 12.9. The van der Waals surface area contributed by atoms with E-state index in [0.29, 0.717) is 23.7 Å². The van der Waals surface area contributed by atoms with Crippen molar-refractivity contribution in [3.8, 4) is 5.75 Å². The summed E-state index contributed by atoms with van der Waals surface area (Å²) >= 11 is 5.81. The highest BCUT2D eigenvalue weighted by atomic mass is 35.5. The van der Waals surface area contributed by atoms with Crippen LogP contribution in [0, 0.1) is 5.82 Å². The number of nitrogens with one attached hydrogen (secondary N) is 1. The van der Waals surface area contributed by atoms with Crippen molar-refractivity contribution in [1.29, 1.82) is 0 Å². The molecule has 3 nitrogen and oxygen atoms in total. The van der Waals surface area contributed by atoms with E-state index >= 15 is 0 Å². The van der Waals surface area contributed by atoms with E-state index in [0.717, 1.165) is 5.56 Å². The lowest BCUT2D eigenvalue weighted by molar-refractivity contribution is -0.128. The van der Waals surface area contributed by atoms with E-state index < -0.39 is 6.10 Å². The Morgan fingerprint density at radius 2 is 1.82 bits per heavy atom. The molecule has 0 bridgehead atoms. The van der Waals surface area contributed by atoms with Crippen molar-refractivity contribution >= 4 is 17.5 Å². The van der Waals surface area contributed by atoms with Crippen LogP contribution in [-0.4, -0.2) is 12.0 Å². The second kappa shape index (κ2) is 7.80. The molecule has 1 N–H and O–H groups in total. The smallest absolute Gasteiger partial charge is 0.261 e. The Kier molecular flexibility index (Phi) is 5.78. The first-order valence-corrected chi connectivity index (χ1v) is 7.40. The average molecular weight is 322 g/mol. The van der Waals surface area contributed by atoms with Crippen LogP contribution < -0.4 is 10.1 Å². The van der Waals surface area contributed by atoms with E-state index in [4.69, 9.17) is 16.3 Å². The number of ether oxygens (including phenoxy) is 1. The minimum Gasteiger partial charge on any atom is -0.481 e. The molecular weight excluding hydrogens is 305 g/mol. The normalized spacial score (nSPS) is 11.8. The highest BCUT2D eigenvalue weighted by molar-refractivity contribution is 6.30. The maximum atomic E-state index is 12.9. The molecule has 0 aliphatic rings. The molecule has 0 aliphatic heterocycles. The summed E-state index contributed by atoms with van der Waals surface area (Å²) in [6.45, 7) is 2.26. The number of amides is 1. The summed E-state index contributed by atoms with van der Waals surface area (Å²) in [6.07, 6.45) is -0.0955. The zero-order valence-corrected chi connectivity index (χ0v) is 12.9. The van der Waals surface area contributed by atoms with E-state index in [1.54, 1.807) is 12.1 Å². The van der Waals surface area contributed by atoms with Crippen molar-refractivity contribution in [3.05, 3.63) is 64.9 Å². The molecule has 22 heavy (non-hydrogen) atoms. The summed E-state index contributed by atoms with van der Waals surface area (Å²) in [5.41, 5.74) is 0.953. The molecule has 0 saturated heterocycles. The third-order valence-electron chi connectivity index (χ3n) is 3.14. The van der Waals surface area contributed by atoms with E-state index in [1.807, 2.05) is 19.1 Å². The third kappa shape index (κ3) is 4.74. The highest BCUT2D eigenvalue weighted by Crippen LogP contribution is 2.15. The molecular formula is C17H17ClFNO2. The zero-order chi connectivity index (χ0) is 15.9. The first-order chi connectivity index (χ1) is 10.6. The quantitative estimate of drug-likeness (QED) is 0.874. The number of hydrogen-bond acceptors (Lipinski definition) is 2. The number of rotatable bonds is 6. The SMILES string of the molecule is CCC(Oc1ccc(F)cc1)C(=O)NCc1ccc(Cl)cc1. The van der Waals surface area contributed by atoms with Crippen molar-refractivity contribution < 1.29 is 13.9 Å². The standard InChI is InChI=1S/C17H17ClFNO2/c1-2-16(22-15-9-7-14(19)8-10-15)17(21)20-11-12-3-5-13(18)6-4-12/h3-10,16H,2,11H2,1H3,(H,20,21). The van der Waals surface area contributed by atoms with Crippen molar-refractivity contribution in [2.45, 2.75) is 26.0 Å². The van der Waals surface area contributed by atoms with E-state index in [-0.39, 0.29) is 11.7 Å². The number of hydrogen-bond donors (Lipinski definition) is 1. The third-order valence-corrected chi connectivity index (χ3v) is 3.39. The lowest BCUT2D eigenvalue weighted by Gasteiger charge is -2.17. The molecule has 0 spiro atoms. The van der Waals surface area contributed by atoms with Crippen LogP contribution in [0.15, 0.2) is 48.5 Å². The first kappa shape index (κ1) is 16.3. The topological polar surface area (TPSA) is 38.3 Å². The van der Waals surface area contributed by atoms with E-state index in [9.17, 15) is 9.18 Å². The van der Waals surface area contributed by atoms with Gasteiger partial charge in [-0.05, 0) is 48.4 Å². The maximum Gasteiger partial charge on any atom is 0.261 e. The Balaban J connectivity index is 1.91. The number of benzene rings is 2. The Morgan fingerprint density at radius 3 is 2.41 bits per heavy atom. The predicted molar refractivity (Wildman–Crippen MR) is 84.4 cm³/mol. The molecule has 0 saturated carbocycles. The molecule has 2 aromatic carbocycles. The van der Waals surface area contributed by atoms with Crippen molar-refractivity contribution in [2.75, 3.05) is 0 Å². The molecule has 116 valence electrons. The summed E-state index contributed by atoms with van der Waals surface area (Å²) in [6, 6.07) is 12.9. The fourth-order valence-corrected chi connectivity index (χ4v) is 2.03. The molecule has 1 atom stereocenters. The van der Waals surface area contributed by atoms with Gasteiger partial charge in [-0.15, -0.1) is 0 Å². The van der Waals surface area contributed by atoms with Crippen LogP contribution in [0.25, 0.3) is 0 Å². The predicted octanol–water partition coefficient (Wildman–Crippen LogP) is 3.95. The van der Waals surface area contributed by atoms with Gasteiger partial charge in [0.25, 0.3) is 5.91 Å². The monoisotopic (exact) mass is 321 g/mol. The molecule has 0 radical (unpaired) electrons. The molecule has 0 aliphatic carbocycles. The first-order valence-electron chi connectivity index (χ1n) is 7.03. The number of carbonyl (C=O) groups excluding carboxylic acids is 1. The minimum absolute atomic E-state index is 0.207. The largest absolute Gasteiger partial charge is 0.481 e. The number of carbonyl (C=O) groups is 1. The van der Waals surface area contributed by atoms with Gasteiger partial charge in [-0.3, -0.25) is 4.79 Å². The van der Waals surface area contributed by atoms with Crippen LogP contribution in [0.4, 0.5) is 4.39 Å². The molecule has 1 unspecified atom stereocenters. The van der Waals surface area contributed by atoms with Gasteiger partial charge in [0.15, 0.2) is 6.10 Å². The van der Waals surface area contributed by atoms with Gasteiger partial charge >= 0.3 is 0 Å². The Labute approximate surface area is 134 Å². The van der Waals surface area contributed by atoms with Gasteiger partial charge in [-0.25, -0.2) is 4.39 Å². The van der Waals surface area contributed by atoms with Gasteiger partial charge in [0.2, 0.25) is 0 Å². The summed E-state index contributed by atoms with van der Waals surface area (Å²) in [4.78, 5) is 12.1. The van der Waals surface area contributed by atoms with Crippen LogP contribution in [0.5, 0.6) is 5.75 Å². The van der Waals surface area contributed by atoms with Crippen LogP contribution in [0.1, 0.15) is 18.9 Å². The molecule has 0 heterocycles. The lowest BCUT2D eigenvalue weighted by Crippen LogP contribution is -2.37. The molecule has 1 amide bonds. The summed E-state index contributed by atoms with van der Waals surface area (Å²) in [5, 5.41) is 3.47. The Hall–Kier alpha value is -2.07. The van der Waals surface area contributed by atoms with E-state index in [1.165, 1.54) is 24.3 Å². The fraction of sp³-hybridized carbons (Fsp3) is 0.235. The molecule has 0 fully saturated rings. The van der Waals surface area contributed by atoms with Crippen LogP contribution in [0.2, 0.25) is 5.02 Å². The number of halogens is 2. The van der Waals surface area contributed by atoms with Crippen LogP contribution in [-0.2, 0) is 11.3 Å².